The second-order valence-corrected chi connectivity index (χ2v) is 8.27. The van der Waals surface area contributed by atoms with Crippen LogP contribution >= 0.6 is 0 Å². The highest BCUT2D eigenvalue weighted by molar-refractivity contribution is 5.88. The van der Waals surface area contributed by atoms with E-state index in [1.807, 2.05) is 54.6 Å². The molecule has 0 spiro atoms. The van der Waals surface area contributed by atoms with Gasteiger partial charge in [-0.15, -0.1) is 0 Å². The predicted molar refractivity (Wildman–Crippen MR) is 121 cm³/mol. The first kappa shape index (κ1) is 20.3. The summed E-state index contributed by atoms with van der Waals surface area (Å²) in [5.74, 6) is -0.401. The molecule has 162 valence electrons. The van der Waals surface area contributed by atoms with Crippen molar-refractivity contribution in [1.29, 1.82) is 0 Å². The second kappa shape index (κ2) is 8.50. The minimum absolute atomic E-state index is 0.00866. The van der Waals surface area contributed by atoms with E-state index in [4.69, 9.17) is 9.47 Å². The average Bonchev–Trinajstić information content (AvgIpc) is 3.49. The van der Waals surface area contributed by atoms with Crippen molar-refractivity contribution in [2.24, 2.45) is 0 Å². The fraction of sp³-hybridized carbons (Fsp3) is 0.259. The van der Waals surface area contributed by atoms with Crippen LogP contribution < -0.4 is 0 Å². The molecule has 0 bridgehead atoms. The number of fused-ring (bicyclic) bond motifs is 3. The third-order valence-electron chi connectivity index (χ3n) is 6.49. The maximum atomic E-state index is 12.9. The van der Waals surface area contributed by atoms with E-state index < -0.39 is 18.1 Å². The summed E-state index contributed by atoms with van der Waals surface area (Å²) < 4.78 is 10.7. The van der Waals surface area contributed by atoms with E-state index in [1.54, 1.807) is 0 Å². The Labute approximate surface area is 187 Å². The largest absolute Gasteiger partial charge is 0.467 e. The van der Waals surface area contributed by atoms with Gasteiger partial charge in [-0.25, -0.2) is 9.59 Å². The summed E-state index contributed by atoms with van der Waals surface area (Å²) in [4.78, 5) is 26.7. The van der Waals surface area contributed by atoms with Crippen molar-refractivity contribution >= 4 is 12.1 Å². The second-order valence-electron chi connectivity index (χ2n) is 8.27. The van der Waals surface area contributed by atoms with Crippen molar-refractivity contribution in [2.75, 3.05) is 13.7 Å². The predicted octanol–water partition coefficient (Wildman–Crippen LogP) is 4.79. The van der Waals surface area contributed by atoms with Crippen LogP contribution in [0.4, 0.5) is 4.79 Å². The number of rotatable bonds is 6. The summed E-state index contributed by atoms with van der Waals surface area (Å²) >= 11 is 0. The normalized spacial score (nSPS) is 18.6. The van der Waals surface area contributed by atoms with E-state index in [-0.39, 0.29) is 18.6 Å². The summed E-state index contributed by atoms with van der Waals surface area (Å²) in [5, 5.41) is 0. The lowest BCUT2D eigenvalue weighted by Crippen LogP contribution is -2.22. The Bertz CT molecular complexity index is 1100. The highest BCUT2D eigenvalue weighted by atomic mass is 16.6. The van der Waals surface area contributed by atoms with Gasteiger partial charge in [0.05, 0.1) is 13.2 Å². The number of carbonyl (C=O) groups is 2. The van der Waals surface area contributed by atoms with E-state index in [0.717, 1.165) is 17.5 Å². The number of hydrogen-bond donors (Lipinski definition) is 0. The van der Waals surface area contributed by atoms with Crippen LogP contribution in [0, 0.1) is 0 Å². The van der Waals surface area contributed by atoms with Crippen molar-refractivity contribution < 1.29 is 19.1 Å². The maximum Gasteiger partial charge on any atom is 0.410 e. The van der Waals surface area contributed by atoms with E-state index in [2.05, 4.69) is 24.3 Å². The number of amides is 1. The first-order valence-electron chi connectivity index (χ1n) is 10.9. The number of carbonyl (C=O) groups excluding carboxylic acids is 2. The van der Waals surface area contributed by atoms with E-state index in [0.29, 0.717) is 6.42 Å². The van der Waals surface area contributed by atoms with Crippen LogP contribution in [0.3, 0.4) is 0 Å². The minimum atomic E-state index is -0.570. The summed E-state index contributed by atoms with van der Waals surface area (Å²) in [6.07, 6.45) is 1.01. The van der Waals surface area contributed by atoms with Crippen LogP contribution in [0.15, 0.2) is 78.9 Å². The molecular formula is C27H25NO4. The quantitative estimate of drug-likeness (QED) is 0.419. The smallest absolute Gasteiger partial charge is 0.410 e. The molecule has 2 aliphatic rings. The van der Waals surface area contributed by atoms with Gasteiger partial charge in [0.2, 0.25) is 0 Å². The lowest BCUT2D eigenvalue weighted by atomic mass is 9.98. The number of nitrogens with zero attached hydrogens (tertiary/aromatic N) is 1. The fourth-order valence-corrected chi connectivity index (χ4v) is 4.84. The molecule has 5 rings (SSSR count). The lowest BCUT2D eigenvalue weighted by Gasteiger charge is -2.15. The molecular weight excluding hydrogens is 402 g/mol. The van der Waals surface area contributed by atoms with Crippen LogP contribution in [0.1, 0.15) is 29.0 Å². The Hall–Kier alpha value is -3.60. The van der Waals surface area contributed by atoms with Gasteiger partial charge >= 0.3 is 12.1 Å². The summed E-state index contributed by atoms with van der Waals surface area (Å²) in [5.41, 5.74) is 5.87. The van der Waals surface area contributed by atoms with Gasteiger partial charge in [-0.2, -0.15) is 0 Å². The van der Waals surface area contributed by atoms with Crippen molar-refractivity contribution in [3.8, 4) is 11.1 Å². The SMILES string of the molecule is COC(=O)C1C(CCc2ccccc2)N1C(=O)OCC1c2ccccc2-c2ccccc21. The summed E-state index contributed by atoms with van der Waals surface area (Å²) in [6.45, 7) is 0.239. The molecule has 1 saturated heterocycles. The van der Waals surface area contributed by atoms with E-state index in [1.165, 1.54) is 28.7 Å². The highest BCUT2D eigenvalue weighted by Gasteiger charge is 2.57. The topological polar surface area (TPSA) is 55.6 Å². The Morgan fingerprint density at radius 2 is 1.44 bits per heavy atom. The van der Waals surface area contributed by atoms with Gasteiger partial charge in [0.15, 0.2) is 6.04 Å². The third kappa shape index (κ3) is 3.64. The number of methoxy groups -OCH3 is 1. The fourth-order valence-electron chi connectivity index (χ4n) is 4.84. The van der Waals surface area contributed by atoms with Crippen molar-refractivity contribution in [1.82, 2.24) is 4.90 Å². The van der Waals surface area contributed by atoms with E-state index in [9.17, 15) is 9.59 Å². The average molecular weight is 428 g/mol. The molecule has 32 heavy (non-hydrogen) atoms. The Morgan fingerprint density at radius 3 is 2.06 bits per heavy atom. The first-order chi connectivity index (χ1) is 15.7. The van der Waals surface area contributed by atoms with Gasteiger partial charge in [-0.1, -0.05) is 78.9 Å². The Balaban J connectivity index is 1.27. The van der Waals surface area contributed by atoms with E-state index >= 15 is 0 Å². The maximum absolute atomic E-state index is 12.9. The number of benzene rings is 3. The monoisotopic (exact) mass is 427 g/mol. The Kier molecular flexibility index (Phi) is 5.39. The van der Waals surface area contributed by atoms with Gasteiger partial charge < -0.3 is 9.47 Å². The molecule has 0 N–H and O–H groups in total. The van der Waals surface area contributed by atoms with Gasteiger partial charge in [-0.3, -0.25) is 4.90 Å². The van der Waals surface area contributed by atoms with Gasteiger partial charge in [0, 0.05) is 5.92 Å². The zero-order valence-electron chi connectivity index (χ0n) is 17.9. The third-order valence-corrected chi connectivity index (χ3v) is 6.49. The number of aryl methyl sites for hydroxylation is 1. The van der Waals surface area contributed by atoms with Crippen molar-refractivity contribution in [3.05, 3.63) is 95.6 Å². The molecule has 1 heterocycles. The first-order valence-corrected chi connectivity index (χ1v) is 10.9. The molecule has 5 nitrogen and oxygen atoms in total. The van der Waals surface area contributed by atoms with Gasteiger partial charge in [-0.05, 0) is 40.7 Å². The van der Waals surface area contributed by atoms with Gasteiger partial charge in [0.1, 0.15) is 6.61 Å². The van der Waals surface area contributed by atoms with Crippen molar-refractivity contribution in [2.45, 2.75) is 30.8 Å². The van der Waals surface area contributed by atoms with Crippen LogP contribution in [-0.2, 0) is 20.7 Å². The minimum Gasteiger partial charge on any atom is -0.467 e. The molecule has 2 atom stereocenters. The number of ether oxygens (including phenoxy) is 2. The Morgan fingerprint density at radius 1 is 0.844 bits per heavy atom. The molecule has 2 unspecified atom stereocenters. The molecule has 5 heteroatoms. The molecule has 3 aromatic carbocycles. The molecule has 3 aromatic rings. The molecule has 0 saturated carbocycles. The highest BCUT2D eigenvalue weighted by Crippen LogP contribution is 2.45. The summed E-state index contributed by atoms with van der Waals surface area (Å²) in [6, 6.07) is 25.7. The summed E-state index contributed by atoms with van der Waals surface area (Å²) in [7, 11) is 1.35. The molecule has 1 fully saturated rings. The van der Waals surface area contributed by atoms with Crippen molar-refractivity contribution in [3.63, 3.8) is 0 Å². The molecule has 1 amide bonds. The standard InChI is InChI=1S/C27H25NO4/c1-31-26(29)25-24(16-15-18-9-3-2-4-10-18)28(25)27(30)32-17-23-21-13-7-5-11-19(21)20-12-6-8-14-22(20)23/h2-14,23-25H,15-17H2,1H3. The van der Waals surface area contributed by atoms with Crippen LogP contribution in [0.5, 0.6) is 0 Å². The molecule has 1 aliphatic heterocycles. The lowest BCUT2D eigenvalue weighted by molar-refractivity contribution is -0.140. The molecule has 0 aromatic heterocycles. The number of esters is 1. The van der Waals surface area contributed by atoms with Crippen LogP contribution in [0.2, 0.25) is 0 Å². The zero-order chi connectivity index (χ0) is 22.1. The molecule has 0 radical (unpaired) electrons. The number of hydrogen-bond acceptors (Lipinski definition) is 4. The molecule has 1 aliphatic carbocycles. The zero-order valence-corrected chi connectivity index (χ0v) is 17.9. The van der Waals surface area contributed by atoms with Crippen LogP contribution in [-0.4, -0.2) is 42.8 Å². The van der Waals surface area contributed by atoms with Crippen LogP contribution in [0.25, 0.3) is 11.1 Å². The van der Waals surface area contributed by atoms with Gasteiger partial charge in [0.25, 0.3) is 0 Å².